The highest BCUT2D eigenvalue weighted by molar-refractivity contribution is 7.92. The summed E-state index contributed by atoms with van der Waals surface area (Å²) in [7, 11) is -3.85. The van der Waals surface area contributed by atoms with Gasteiger partial charge in [-0.3, -0.25) is 4.31 Å². The van der Waals surface area contributed by atoms with Crippen molar-refractivity contribution in [3.63, 3.8) is 0 Å². The lowest BCUT2D eigenvalue weighted by atomic mass is 10.1. The highest BCUT2D eigenvalue weighted by atomic mass is 32.2. The molecule has 0 heterocycles. The zero-order valence-electron chi connectivity index (χ0n) is 19.3. The van der Waals surface area contributed by atoms with Gasteiger partial charge in [-0.25, -0.2) is 8.42 Å². The van der Waals surface area contributed by atoms with Crippen molar-refractivity contribution in [1.82, 2.24) is 0 Å². The maximum absolute atomic E-state index is 13.7. The summed E-state index contributed by atoms with van der Waals surface area (Å²) in [5.74, 6) is 0. The molecule has 0 saturated heterocycles. The summed E-state index contributed by atoms with van der Waals surface area (Å²) >= 11 is 0. The molecular weight excluding hydrogens is 420 g/mol. The highest BCUT2D eigenvalue weighted by Gasteiger charge is 2.29. The molecule has 0 radical (unpaired) electrons. The Morgan fingerprint density at radius 3 is 2.16 bits per heavy atom. The number of rotatable bonds is 11. The molecule has 2 N–H and O–H groups in total. The molecule has 0 aliphatic carbocycles. The molecule has 5 nitrogen and oxygen atoms in total. The molecule has 0 aliphatic rings. The molecule has 0 aliphatic heterocycles. The third kappa shape index (κ3) is 5.88. The van der Waals surface area contributed by atoms with Gasteiger partial charge in [0.2, 0.25) is 0 Å². The van der Waals surface area contributed by atoms with Crippen LogP contribution >= 0.6 is 0 Å². The Kier molecular flexibility index (Phi) is 8.29. The Labute approximate surface area is 192 Å². The Bertz CT molecular complexity index is 1110. The van der Waals surface area contributed by atoms with Crippen molar-refractivity contribution in [2.75, 3.05) is 30.5 Å². The molecule has 0 aromatic heterocycles. The van der Waals surface area contributed by atoms with E-state index in [1.807, 2.05) is 61.5 Å². The van der Waals surface area contributed by atoms with Crippen LogP contribution in [0.4, 0.5) is 5.69 Å². The number of fused-ring (bicyclic) bond motifs is 1. The number of nitrogens with zero attached hydrogens (tertiary/aromatic N) is 1. The number of quaternary nitrogens is 1. The van der Waals surface area contributed by atoms with Gasteiger partial charge >= 0.3 is 0 Å². The number of anilines is 1. The van der Waals surface area contributed by atoms with Crippen LogP contribution < -0.4 is 9.21 Å². The first-order chi connectivity index (χ1) is 15.3. The summed E-state index contributed by atoms with van der Waals surface area (Å²) in [6.45, 7) is 8.71. The average Bonchev–Trinajstić information content (AvgIpc) is 2.78. The molecule has 3 aromatic rings. The lowest BCUT2D eigenvalue weighted by Gasteiger charge is -2.29. The molecule has 1 unspecified atom stereocenters. The lowest BCUT2D eigenvalue weighted by Crippen LogP contribution is -3.13. The van der Waals surface area contributed by atoms with Crippen LogP contribution in [0.2, 0.25) is 0 Å². The summed E-state index contributed by atoms with van der Waals surface area (Å²) in [6, 6.07) is 20.3. The second-order valence-electron chi connectivity index (χ2n) is 8.49. The van der Waals surface area contributed by atoms with Crippen LogP contribution in [-0.2, 0) is 10.0 Å². The van der Waals surface area contributed by atoms with Crippen LogP contribution in [0.15, 0.2) is 71.6 Å². The molecule has 3 rings (SSSR count). The van der Waals surface area contributed by atoms with Crippen molar-refractivity contribution in [2.45, 2.75) is 44.6 Å². The van der Waals surface area contributed by atoms with Gasteiger partial charge in [-0.2, -0.15) is 0 Å². The van der Waals surface area contributed by atoms with E-state index in [1.165, 1.54) is 9.21 Å². The van der Waals surface area contributed by atoms with Gasteiger partial charge in [0.25, 0.3) is 10.0 Å². The van der Waals surface area contributed by atoms with E-state index in [-0.39, 0.29) is 11.4 Å². The van der Waals surface area contributed by atoms with Gasteiger partial charge in [-0.1, -0.05) is 61.9 Å². The van der Waals surface area contributed by atoms with Gasteiger partial charge in [0.15, 0.2) is 0 Å². The SMILES string of the molecule is CCC[NH+](CCC)CC(O)CN(c1ccc(C)cc1)S(=O)(=O)c1ccc2ccccc2c1. The fraction of sp³-hybridized carbons (Fsp3) is 0.385. The van der Waals surface area contributed by atoms with Crippen molar-refractivity contribution in [2.24, 2.45) is 0 Å². The maximum Gasteiger partial charge on any atom is 0.264 e. The van der Waals surface area contributed by atoms with Crippen molar-refractivity contribution >= 4 is 26.5 Å². The van der Waals surface area contributed by atoms with Crippen LogP contribution in [0, 0.1) is 6.92 Å². The quantitative estimate of drug-likeness (QED) is 0.466. The summed E-state index contributed by atoms with van der Waals surface area (Å²) in [4.78, 5) is 1.53. The Morgan fingerprint density at radius 1 is 0.906 bits per heavy atom. The first-order valence-corrected chi connectivity index (χ1v) is 12.9. The zero-order valence-corrected chi connectivity index (χ0v) is 20.1. The molecule has 0 fully saturated rings. The van der Waals surface area contributed by atoms with Crippen LogP contribution in [-0.4, -0.2) is 45.8 Å². The van der Waals surface area contributed by atoms with E-state index >= 15 is 0 Å². The zero-order chi connectivity index (χ0) is 23.1. The van der Waals surface area contributed by atoms with Gasteiger partial charge in [0, 0.05) is 0 Å². The van der Waals surface area contributed by atoms with Gasteiger partial charge in [-0.15, -0.1) is 0 Å². The smallest absolute Gasteiger partial charge is 0.264 e. The number of sulfonamides is 1. The summed E-state index contributed by atoms with van der Waals surface area (Å²) in [5, 5.41) is 12.8. The standard InChI is InChI=1S/C26H34N2O3S/c1-4-16-27(17-5-2)19-25(29)20-28(24-13-10-21(3)11-14-24)32(30,31)26-15-12-22-8-6-7-9-23(22)18-26/h6-15,18,25,29H,4-5,16-17,19-20H2,1-3H3/p+1. The predicted molar refractivity (Wildman–Crippen MR) is 132 cm³/mol. The second kappa shape index (κ2) is 10.9. The lowest BCUT2D eigenvalue weighted by molar-refractivity contribution is -0.903. The summed E-state index contributed by atoms with van der Waals surface area (Å²) < 4.78 is 28.8. The third-order valence-electron chi connectivity index (χ3n) is 5.74. The van der Waals surface area contributed by atoms with E-state index in [0.29, 0.717) is 12.2 Å². The second-order valence-corrected chi connectivity index (χ2v) is 10.4. The number of aryl methyl sites for hydroxylation is 1. The van der Waals surface area contributed by atoms with Crippen LogP contribution in [0.3, 0.4) is 0 Å². The number of aliphatic hydroxyl groups is 1. The van der Waals surface area contributed by atoms with Gasteiger partial charge in [0.05, 0.1) is 30.2 Å². The Morgan fingerprint density at radius 2 is 1.53 bits per heavy atom. The topological polar surface area (TPSA) is 62.1 Å². The van der Waals surface area contributed by atoms with E-state index in [1.54, 1.807) is 12.1 Å². The first kappa shape index (κ1) is 24.2. The molecule has 32 heavy (non-hydrogen) atoms. The van der Waals surface area contributed by atoms with Gasteiger partial charge in [-0.05, 0) is 54.8 Å². The molecule has 1 atom stereocenters. The average molecular weight is 456 g/mol. The van der Waals surface area contributed by atoms with Crippen molar-refractivity contribution < 1.29 is 18.4 Å². The van der Waals surface area contributed by atoms with E-state index < -0.39 is 16.1 Å². The first-order valence-electron chi connectivity index (χ1n) is 11.4. The third-order valence-corrected chi connectivity index (χ3v) is 7.53. The van der Waals surface area contributed by atoms with Gasteiger partial charge in [0.1, 0.15) is 12.6 Å². The number of benzene rings is 3. The molecule has 3 aromatic carbocycles. The molecule has 0 amide bonds. The number of aliphatic hydroxyl groups excluding tert-OH is 1. The van der Waals surface area contributed by atoms with E-state index in [4.69, 9.17) is 0 Å². The van der Waals surface area contributed by atoms with Crippen molar-refractivity contribution in [3.8, 4) is 0 Å². The monoisotopic (exact) mass is 455 g/mol. The minimum Gasteiger partial charge on any atom is -0.385 e. The Hall–Kier alpha value is -2.41. The predicted octanol–water partition coefficient (Wildman–Crippen LogP) is 3.41. The minimum atomic E-state index is -3.85. The van der Waals surface area contributed by atoms with Crippen molar-refractivity contribution in [1.29, 1.82) is 0 Å². The molecule has 0 saturated carbocycles. The van der Waals surface area contributed by atoms with Crippen LogP contribution in [0.25, 0.3) is 10.8 Å². The van der Waals surface area contributed by atoms with E-state index in [0.717, 1.165) is 42.3 Å². The highest BCUT2D eigenvalue weighted by Crippen LogP contribution is 2.27. The summed E-state index contributed by atoms with van der Waals surface area (Å²) in [6.07, 6.45) is 1.29. The number of hydrogen-bond acceptors (Lipinski definition) is 3. The fourth-order valence-corrected chi connectivity index (χ4v) is 5.67. The van der Waals surface area contributed by atoms with E-state index in [9.17, 15) is 13.5 Å². The van der Waals surface area contributed by atoms with Crippen molar-refractivity contribution in [3.05, 3.63) is 72.3 Å². The van der Waals surface area contributed by atoms with E-state index in [2.05, 4.69) is 13.8 Å². The largest absolute Gasteiger partial charge is 0.385 e. The number of hydrogen-bond donors (Lipinski definition) is 2. The van der Waals surface area contributed by atoms with Gasteiger partial charge < -0.3 is 10.0 Å². The fourth-order valence-electron chi connectivity index (χ4n) is 4.13. The van der Waals surface area contributed by atoms with Crippen LogP contribution in [0.1, 0.15) is 32.3 Å². The Balaban J connectivity index is 1.95. The molecule has 6 heteroatoms. The minimum absolute atomic E-state index is 0.0230. The maximum atomic E-state index is 13.7. The normalized spacial score (nSPS) is 12.9. The summed E-state index contributed by atoms with van der Waals surface area (Å²) in [5.41, 5.74) is 1.62. The molecule has 0 bridgehead atoms. The number of nitrogens with one attached hydrogen (secondary N) is 1. The molecule has 0 spiro atoms. The molecular formula is C26H35N2O3S+. The van der Waals surface area contributed by atoms with Crippen LogP contribution in [0.5, 0.6) is 0 Å². The molecule has 172 valence electrons.